The molecule has 2 N–H and O–H groups in total. The molecule has 0 spiro atoms. The lowest BCUT2D eigenvalue weighted by Gasteiger charge is -2.13. The number of benzene rings is 2. The van der Waals surface area contributed by atoms with Crippen molar-refractivity contribution in [3.63, 3.8) is 0 Å². The lowest BCUT2D eigenvalue weighted by Crippen LogP contribution is -3.10. The second kappa shape index (κ2) is 8.40. The minimum atomic E-state index is -0.0743. The second-order valence-corrected chi connectivity index (χ2v) is 7.49. The number of carbonyl (C=O) groups is 1. The third kappa shape index (κ3) is 4.15. The Morgan fingerprint density at radius 1 is 1.07 bits per heavy atom. The van der Waals surface area contributed by atoms with E-state index in [1.807, 2.05) is 67.6 Å². The molecule has 1 fully saturated rings. The van der Waals surface area contributed by atoms with E-state index in [1.54, 1.807) is 9.58 Å². The van der Waals surface area contributed by atoms with Crippen LogP contribution < -0.4 is 10.2 Å². The third-order valence-electron chi connectivity index (χ3n) is 5.33. The number of nitrogens with zero attached hydrogens (tertiary/aromatic N) is 2. The van der Waals surface area contributed by atoms with Crippen molar-refractivity contribution in [3.8, 4) is 16.9 Å². The first-order valence-electron chi connectivity index (χ1n) is 10.0. The van der Waals surface area contributed by atoms with Crippen molar-refractivity contribution in [2.24, 2.45) is 0 Å². The molecule has 0 unspecified atom stereocenters. The average molecular weight is 375 g/mol. The fraction of sp³-hybridized carbons (Fsp3) is 0.304. The minimum Gasteiger partial charge on any atom is -0.345 e. The Morgan fingerprint density at radius 2 is 1.86 bits per heavy atom. The van der Waals surface area contributed by atoms with Crippen LogP contribution in [0, 0.1) is 6.92 Å². The van der Waals surface area contributed by atoms with Gasteiger partial charge in [0.2, 0.25) is 0 Å². The standard InChI is InChI=1S/C23H26N4O/c1-18-8-7-11-20(16-18)27-22(17-21(25-27)19-9-3-2-4-10-19)23(28)24-12-15-26-13-5-6-14-26/h2-4,7-11,16-17H,5-6,12-15H2,1H3,(H,24,28)/p+1. The lowest BCUT2D eigenvalue weighted by molar-refractivity contribution is -0.886. The summed E-state index contributed by atoms with van der Waals surface area (Å²) in [6, 6.07) is 19.9. The highest BCUT2D eigenvalue weighted by atomic mass is 16.2. The summed E-state index contributed by atoms with van der Waals surface area (Å²) >= 11 is 0. The molecule has 1 aromatic heterocycles. The molecule has 4 rings (SSSR count). The zero-order valence-corrected chi connectivity index (χ0v) is 16.3. The summed E-state index contributed by atoms with van der Waals surface area (Å²) in [6.07, 6.45) is 2.59. The highest BCUT2D eigenvalue weighted by Gasteiger charge is 2.19. The highest BCUT2D eigenvalue weighted by molar-refractivity contribution is 5.94. The third-order valence-corrected chi connectivity index (χ3v) is 5.33. The molecule has 28 heavy (non-hydrogen) atoms. The van der Waals surface area contributed by atoms with Crippen LogP contribution in [0.5, 0.6) is 0 Å². The fourth-order valence-electron chi connectivity index (χ4n) is 3.82. The summed E-state index contributed by atoms with van der Waals surface area (Å²) in [5.41, 5.74) is 4.42. The number of hydrogen-bond donors (Lipinski definition) is 2. The summed E-state index contributed by atoms with van der Waals surface area (Å²) in [4.78, 5) is 14.5. The molecule has 1 amide bonds. The van der Waals surface area contributed by atoms with E-state index in [0.717, 1.165) is 29.1 Å². The number of nitrogens with one attached hydrogen (secondary N) is 2. The quantitative estimate of drug-likeness (QED) is 0.694. The Bertz CT molecular complexity index is 942. The van der Waals surface area contributed by atoms with E-state index in [0.29, 0.717) is 12.2 Å². The van der Waals surface area contributed by atoms with Crippen LogP contribution in [0.4, 0.5) is 0 Å². The van der Waals surface area contributed by atoms with E-state index in [2.05, 4.69) is 5.32 Å². The summed E-state index contributed by atoms with van der Waals surface area (Å²) in [5.74, 6) is -0.0743. The number of amides is 1. The van der Waals surface area contributed by atoms with Crippen molar-refractivity contribution in [2.45, 2.75) is 19.8 Å². The highest BCUT2D eigenvalue weighted by Crippen LogP contribution is 2.22. The number of rotatable bonds is 6. The van der Waals surface area contributed by atoms with Gasteiger partial charge in [-0.15, -0.1) is 0 Å². The smallest absolute Gasteiger partial charge is 0.270 e. The van der Waals surface area contributed by atoms with E-state index in [4.69, 9.17) is 5.10 Å². The Kier molecular flexibility index (Phi) is 5.53. The van der Waals surface area contributed by atoms with Gasteiger partial charge >= 0.3 is 0 Å². The van der Waals surface area contributed by atoms with E-state index in [1.165, 1.54) is 25.9 Å². The number of likely N-dealkylation sites (tertiary alicyclic amines) is 1. The van der Waals surface area contributed by atoms with Crippen LogP contribution in [0.15, 0.2) is 60.7 Å². The molecule has 0 bridgehead atoms. The SMILES string of the molecule is Cc1cccc(-n2nc(-c3ccccc3)cc2C(=O)NCC[NH+]2CCCC2)c1. The van der Waals surface area contributed by atoms with Gasteiger partial charge in [-0.05, 0) is 30.7 Å². The summed E-state index contributed by atoms with van der Waals surface area (Å²) in [5, 5.41) is 7.84. The molecule has 1 saturated heterocycles. The Balaban J connectivity index is 1.60. The van der Waals surface area contributed by atoms with Gasteiger partial charge in [-0.25, -0.2) is 4.68 Å². The molecule has 1 aliphatic rings. The molecule has 0 aliphatic carbocycles. The molecule has 0 atom stereocenters. The predicted molar refractivity (Wildman–Crippen MR) is 111 cm³/mol. The number of quaternary nitrogens is 1. The van der Waals surface area contributed by atoms with Crippen LogP contribution in [-0.2, 0) is 0 Å². The van der Waals surface area contributed by atoms with Crippen molar-refractivity contribution in [1.82, 2.24) is 15.1 Å². The molecule has 0 radical (unpaired) electrons. The van der Waals surface area contributed by atoms with E-state index >= 15 is 0 Å². The fourth-order valence-corrected chi connectivity index (χ4v) is 3.82. The van der Waals surface area contributed by atoms with Gasteiger partial charge in [0, 0.05) is 18.4 Å². The first-order valence-corrected chi connectivity index (χ1v) is 10.0. The summed E-state index contributed by atoms with van der Waals surface area (Å²) < 4.78 is 1.76. The first-order chi connectivity index (χ1) is 13.7. The topological polar surface area (TPSA) is 51.4 Å². The Labute approximate surface area is 166 Å². The molecule has 5 nitrogen and oxygen atoms in total. The lowest BCUT2D eigenvalue weighted by atomic mass is 10.1. The maximum Gasteiger partial charge on any atom is 0.270 e. The van der Waals surface area contributed by atoms with Crippen molar-refractivity contribution in [3.05, 3.63) is 71.9 Å². The summed E-state index contributed by atoms with van der Waals surface area (Å²) in [6.45, 7) is 6.15. The molecule has 0 saturated carbocycles. The van der Waals surface area contributed by atoms with Crippen LogP contribution in [-0.4, -0.2) is 41.9 Å². The predicted octanol–water partition coefficient (Wildman–Crippen LogP) is 2.26. The van der Waals surface area contributed by atoms with E-state index in [-0.39, 0.29) is 5.91 Å². The molecule has 144 valence electrons. The Hall–Kier alpha value is -2.92. The van der Waals surface area contributed by atoms with Crippen LogP contribution in [0.25, 0.3) is 16.9 Å². The van der Waals surface area contributed by atoms with Crippen molar-refractivity contribution in [2.75, 3.05) is 26.2 Å². The molecule has 2 heterocycles. The minimum absolute atomic E-state index is 0.0743. The van der Waals surface area contributed by atoms with Crippen molar-refractivity contribution < 1.29 is 9.69 Å². The van der Waals surface area contributed by atoms with Crippen LogP contribution >= 0.6 is 0 Å². The largest absolute Gasteiger partial charge is 0.345 e. The van der Waals surface area contributed by atoms with Gasteiger partial charge in [0.05, 0.1) is 37.6 Å². The number of aryl methyl sites for hydroxylation is 1. The Morgan fingerprint density at radius 3 is 2.61 bits per heavy atom. The molecule has 1 aliphatic heterocycles. The maximum absolute atomic E-state index is 13.0. The van der Waals surface area contributed by atoms with Gasteiger partial charge in [0.15, 0.2) is 0 Å². The van der Waals surface area contributed by atoms with Gasteiger partial charge in [0.25, 0.3) is 5.91 Å². The molecule has 5 heteroatoms. The van der Waals surface area contributed by atoms with Crippen molar-refractivity contribution in [1.29, 1.82) is 0 Å². The summed E-state index contributed by atoms with van der Waals surface area (Å²) in [7, 11) is 0. The van der Waals surface area contributed by atoms with Crippen LogP contribution in [0.2, 0.25) is 0 Å². The zero-order chi connectivity index (χ0) is 19.3. The van der Waals surface area contributed by atoms with Gasteiger partial charge < -0.3 is 10.2 Å². The number of hydrogen-bond acceptors (Lipinski definition) is 2. The molecular formula is C23H27N4O+. The average Bonchev–Trinajstić information content (AvgIpc) is 3.39. The number of aromatic nitrogens is 2. The van der Waals surface area contributed by atoms with E-state index < -0.39 is 0 Å². The maximum atomic E-state index is 13.0. The van der Waals surface area contributed by atoms with Crippen LogP contribution in [0.1, 0.15) is 28.9 Å². The van der Waals surface area contributed by atoms with Gasteiger partial charge in [-0.3, -0.25) is 4.79 Å². The second-order valence-electron chi connectivity index (χ2n) is 7.49. The van der Waals surface area contributed by atoms with E-state index in [9.17, 15) is 4.79 Å². The van der Waals surface area contributed by atoms with Crippen molar-refractivity contribution >= 4 is 5.91 Å². The zero-order valence-electron chi connectivity index (χ0n) is 16.3. The van der Waals surface area contributed by atoms with Gasteiger partial charge in [-0.1, -0.05) is 42.5 Å². The van der Waals surface area contributed by atoms with Gasteiger partial charge in [0.1, 0.15) is 5.69 Å². The molecule has 3 aromatic rings. The normalized spacial score (nSPS) is 14.3. The van der Waals surface area contributed by atoms with Crippen LogP contribution in [0.3, 0.4) is 0 Å². The molecular weight excluding hydrogens is 348 g/mol. The monoisotopic (exact) mass is 375 g/mol. The molecule has 2 aromatic carbocycles. The first kappa shape index (κ1) is 18.4. The van der Waals surface area contributed by atoms with Gasteiger partial charge in [-0.2, -0.15) is 5.10 Å². The number of carbonyl (C=O) groups excluding carboxylic acids is 1.